The Morgan fingerprint density at radius 2 is 1.81 bits per heavy atom. The first-order valence-electron chi connectivity index (χ1n) is 12.8. The zero-order valence-electron chi connectivity index (χ0n) is 21.6. The van der Waals surface area contributed by atoms with Crippen molar-refractivity contribution in [1.29, 1.82) is 0 Å². The number of benzene rings is 1. The van der Waals surface area contributed by atoms with E-state index in [1.165, 1.54) is 16.7 Å². The maximum Gasteiger partial charge on any atom is 0.222 e. The lowest BCUT2D eigenvalue weighted by atomic mass is 10.1. The molecular weight excluding hydrogens is 466 g/mol. The second-order valence-electron chi connectivity index (χ2n) is 9.93. The predicted octanol–water partition coefficient (Wildman–Crippen LogP) is 2.44. The van der Waals surface area contributed by atoms with E-state index in [-0.39, 0.29) is 5.91 Å². The molecule has 2 aliphatic rings. The Balaban J connectivity index is 1.05. The molecular formula is C27H31N9O. The zero-order chi connectivity index (χ0) is 25.5. The Hall–Kier alpha value is -3.92. The summed E-state index contributed by atoms with van der Waals surface area (Å²) in [6.07, 6.45) is 3.10. The van der Waals surface area contributed by atoms with Gasteiger partial charge in [0.15, 0.2) is 17.3 Å². The van der Waals surface area contributed by atoms with Gasteiger partial charge in [-0.15, -0.1) is 15.3 Å². The van der Waals surface area contributed by atoms with Crippen LogP contribution in [-0.2, 0) is 24.3 Å². The van der Waals surface area contributed by atoms with Gasteiger partial charge in [-0.1, -0.05) is 18.2 Å². The minimum absolute atomic E-state index is 0.209. The highest BCUT2D eigenvalue weighted by Gasteiger charge is 2.23. The Kier molecular flexibility index (Phi) is 6.03. The maximum atomic E-state index is 13.1. The minimum atomic E-state index is 0.209. The molecule has 0 radical (unpaired) electrons. The van der Waals surface area contributed by atoms with Crippen molar-refractivity contribution >= 4 is 17.8 Å². The third kappa shape index (κ3) is 4.53. The zero-order valence-corrected chi connectivity index (χ0v) is 21.6. The van der Waals surface area contributed by atoms with Crippen molar-refractivity contribution in [2.24, 2.45) is 4.99 Å². The fraction of sp³-hybridized carbons (Fsp3) is 0.407. The first-order chi connectivity index (χ1) is 18.0. The van der Waals surface area contributed by atoms with Crippen LogP contribution in [0.5, 0.6) is 0 Å². The van der Waals surface area contributed by atoms with E-state index in [9.17, 15) is 4.79 Å². The second-order valence-corrected chi connectivity index (χ2v) is 9.93. The number of carbonyl (C=O) groups is 1. The van der Waals surface area contributed by atoms with Crippen LogP contribution in [0.15, 0.2) is 35.3 Å². The number of hydrogen-bond donors (Lipinski definition) is 0. The van der Waals surface area contributed by atoms with Crippen LogP contribution in [0.25, 0.3) is 11.5 Å². The molecule has 1 fully saturated rings. The van der Waals surface area contributed by atoms with Gasteiger partial charge in [0.2, 0.25) is 5.91 Å². The molecule has 37 heavy (non-hydrogen) atoms. The lowest BCUT2D eigenvalue weighted by molar-refractivity contribution is -0.133. The average molecular weight is 498 g/mol. The van der Waals surface area contributed by atoms with Crippen molar-refractivity contribution in [3.63, 3.8) is 0 Å². The van der Waals surface area contributed by atoms with Gasteiger partial charge in [0.25, 0.3) is 0 Å². The quantitative estimate of drug-likeness (QED) is 0.406. The standard InChI is InChI=1S/C27H31N9O/c1-18-24(19(2)35(31-18)26-8-7-25-30-29-20(3)36(25)32-26)6-9-27(37)34-12-10-33(11-13-34)17-21-4-5-22-15-28-16-23(22)14-21/h4-5,7-8,14-15H,6,9-13,16-17H2,1-3H3. The van der Waals surface area contributed by atoms with E-state index in [4.69, 9.17) is 5.10 Å². The fourth-order valence-electron chi connectivity index (χ4n) is 5.33. The molecule has 0 N–H and O–H groups in total. The number of nitrogens with zero attached hydrogens (tertiary/aromatic N) is 9. The van der Waals surface area contributed by atoms with E-state index in [1.54, 1.807) is 4.52 Å². The Morgan fingerprint density at radius 1 is 0.973 bits per heavy atom. The molecule has 5 heterocycles. The molecule has 1 aromatic carbocycles. The van der Waals surface area contributed by atoms with Gasteiger partial charge in [0, 0.05) is 51.1 Å². The Bertz CT molecular complexity index is 1510. The van der Waals surface area contributed by atoms with Gasteiger partial charge in [-0.05, 0) is 61.6 Å². The minimum Gasteiger partial charge on any atom is -0.340 e. The topological polar surface area (TPSA) is 96.8 Å². The van der Waals surface area contributed by atoms with E-state index >= 15 is 0 Å². The van der Waals surface area contributed by atoms with E-state index in [2.05, 4.69) is 43.4 Å². The number of aliphatic imine (C=N–C) groups is 1. The van der Waals surface area contributed by atoms with Crippen LogP contribution in [0, 0.1) is 20.8 Å². The van der Waals surface area contributed by atoms with Gasteiger partial charge >= 0.3 is 0 Å². The molecule has 2 aliphatic heterocycles. The molecule has 1 saturated heterocycles. The number of amides is 1. The number of aryl methyl sites for hydroxylation is 2. The SMILES string of the molecule is Cc1nn(-c2ccc3nnc(C)n3n2)c(C)c1CCC(=O)N1CCN(Cc2ccc3c(c2)CN=C3)CC1. The number of fused-ring (bicyclic) bond motifs is 2. The normalized spacial score (nSPS) is 15.6. The molecule has 0 unspecified atom stereocenters. The van der Waals surface area contributed by atoms with Crippen LogP contribution in [0.2, 0.25) is 0 Å². The fourth-order valence-corrected chi connectivity index (χ4v) is 5.33. The van der Waals surface area contributed by atoms with Gasteiger partial charge < -0.3 is 4.90 Å². The molecule has 0 aliphatic carbocycles. The molecule has 10 nitrogen and oxygen atoms in total. The summed E-state index contributed by atoms with van der Waals surface area (Å²) in [5.74, 6) is 1.65. The molecule has 0 saturated carbocycles. The van der Waals surface area contributed by atoms with E-state index < -0.39 is 0 Å². The summed E-state index contributed by atoms with van der Waals surface area (Å²) in [4.78, 5) is 21.8. The third-order valence-electron chi connectivity index (χ3n) is 7.48. The third-order valence-corrected chi connectivity index (χ3v) is 7.48. The van der Waals surface area contributed by atoms with E-state index in [0.717, 1.165) is 62.0 Å². The van der Waals surface area contributed by atoms with Crippen molar-refractivity contribution in [2.45, 2.75) is 46.7 Å². The van der Waals surface area contributed by atoms with Crippen LogP contribution in [-0.4, -0.2) is 77.7 Å². The first-order valence-corrected chi connectivity index (χ1v) is 12.8. The van der Waals surface area contributed by atoms with Gasteiger partial charge in [-0.25, -0.2) is 4.68 Å². The summed E-state index contributed by atoms with van der Waals surface area (Å²) in [6.45, 7) is 10.9. The molecule has 6 rings (SSSR count). The summed E-state index contributed by atoms with van der Waals surface area (Å²) in [5, 5.41) is 17.6. The first kappa shape index (κ1) is 23.5. The summed E-state index contributed by atoms with van der Waals surface area (Å²) in [6, 6.07) is 10.4. The number of aromatic nitrogens is 6. The van der Waals surface area contributed by atoms with Crippen molar-refractivity contribution in [1.82, 2.24) is 39.4 Å². The number of piperazine rings is 1. The average Bonchev–Trinajstić information content (AvgIpc) is 3.60. The van der Waals surface area contributed by atoms with Crippen LogP contribution in [0.4, 0.5) is 0 Å². The highest BCUT2D eigenvalue weighted by molar-refractivity contribution is 5.84. The van der Waals surface area contributed by atoms with Crippen molar-refractivity contribution in [3.05, 3.63) is 69.8 Å². The molecule has 0 bridgehead atoms. The second kappa shape index (κ2) is 9.51. The van der Waals surface area contributed by atoms with Crippen LogP contribution < -0.4 is 0 Å². The van der Waals surface area contributed by atoms with Crippen molar-refractivity contribution in [3.8, 4) is 5.82 Å². The predicted molar refractivity (Wildman–Crippen MR) is 140 cm³/mol. The van der Waals surface area contributed by atoms with E-state index in [1.807, 2.05) is 48.7 Å². The Morgan fingerprint density at radius 3 is 2.65 bits per heavy atom. The van der Waals surface area contributed by atoms with Gasteiger partial charge in [0.05, 0.1) is 12.2 Å². The van der Waals surface area contributed by atoms with Crippen molar-refractivity contribution < 1.29 is 4.79 Å². The summed E-state index contributed by atoms with van der Waals surface area (Å²) >= 11 is 0. The molecule has 10 heteroatoms. The smallest absolute Gasteiger partial charge is 0.222 e. The lowest BCUT2D eigenvalue weighted by Crippen LogP contribution is -2.48. The summed E-state index contributed by atoms with van der Waals surface area (Å²) in [7, 11) is 0. The monoisotopic (exact) mass is 497 g/mol. The highest BCUT2D eigenvalue weighted by Crippen LogP contribution is 2.21. The Labute approximate surface area is 215 Å². The van der Waals surface area contributed by atoms with Crippen LogP contribution in [0.1, 0.15) is 45.9 Å². The molecule has 3 aromatic heterocycles. The number of carbonyl (C=O) groups excluding carboxylic acids is 1. The van der Waals surface area contributed by atoms with Gasteiger partial charge in [-0.3, -0.25) is 14.7 Å². The number of hydrogen-bond acceptors (Lipinski definition) is 7. The highest BCUT2D eigenvalue weighted by atomic mass is 16.2. The van der Waals surface area contributed by atoms with Gasteiger partial charge in [0.1, 0.15) is 0 Å². The van der Waals surface area contributed by atoms with Crippen LogP contribution >= 0.6 is 0 Å². The van der Waals surface area contributed by atoms with Crippen molar-refractivity contribution in [2.75, 3.05) is 26.2 Å². The molecule has 1 amide bonds. The number of rotatable bonds is 6. The van der Waals surface area contributed by atoms with Crippen LogP contribution in [0.3, 0.4) is 0 Å². The molecule has 4 aromatic rings. The molecule has 0 spiro atoms. The van der Waals surface area contributed by atoms with E-state index in [0.29, 0.717) is 24.3 Å². The molecule has 190 valence electrons. The summed E-state index contributed by atoms with van der Waals surface area (Å²) in [5.41, 5.74) is 7.61. The summed E-state index contributed by atoms with van der Waals surface area (Å²) < 4.78 is 3.56. The maximum absolute atomic E-state index is 13.1. The largest absolute Gasteiger partial charge is 0.340 e. The lowest BCUT2D eigenvalue weighted by Gasteiger charge is -2.35. The molecule has 0 atom stereocenters. The van der Waals surface area contributed by atoms with Gasteiger partial charge in [-0.2, -0.15) is 9.61 Å².